The third-order valence-electron chi connectivity index (χ3n) is 2.59. The lowest BCUT2D eigenvalue weighted by Crippen LogP contribution is -2.03. The van der Waals surface area contributed by atoms with E-state index < -0.39 is 0 Å². The van der Waals surface area contributed by atoms with Gasteiger partial charge in [-0.2, -0.15) is 9.97 Å². The van der Waals surface area contributed by atoms with E-state index in [2.05, 4.69) is 25.1 Å². The Morgan fingerprint density at radius 1 is 1.47 bits per heavy atom. The van der Waals surface area contributed by atoms with Crippen LogP contribution in [0.4, 0.5) is 0 Å². The van der Waals surface area contributed by atoms with Gasteiger partial charge < -0.3 is 14.2 Å². The summed E-state index contributed by atoms with van der Waals surface area (Å²) in [6.45, 7) is 2.10. The zero-order valence-corrected chi connectivity index (χ0v) is 11.1. The molecule has 0 aliphatic rings. The van der Waals surface area contributed by atoms with Crippen molar-refractivity contribution in [2.45, 2.75) is 13.5 Å². The van der Waals surface area contributed by atoms with Crippen molar-refractivity contribution in [3.05, 3.63) is 22.8 Å². The fourth-order valence-corrected chi connectivity index (χ4v) is 2.05. The van der Waals surface area contributed by atoms with Crippen LogP contribution in [0.2, 0.25) is 0 Å². The first kappa shape index (κ1) is 11.8. The monoisotopic (exact) mass is 278 g/mol. The molecule has 0 aliphatic heterocycles. The van der Waals surface area contributed by atoms with Crippen molar-refractivity contribution in [1.29, 1.82) is 0 Å². The molecule has 0 bridgehead atoms. The van der Waals surface area contributed by atoms with Gasteiger partial charge in [0.1, 0.15) is 11.8 Å². The fraction of sp³-hybridized carbons (Fsp3) is 0.300. The molecule has 3 aromatic heterocycles. The Bertz CT molecular complexity index is 789. The standard InChI is InChI=1S/C10H10N6O2S/c1-5-13-6(15-18-5)3-16-8-7(14-10(16)19)9(17-2)12-4-11-8/h4H,3H2,1-2H3,(H,14,19). The number of nitrogens with zero attached hydrogens (tertiary/aromatic N) is 5. The predicted molar refractivity (Wildman–Crippen MR) is 67.4 cm³/mol. The van der Waals surface area contributed by atoms with Gasteiger partial charge in [0.25, 0.3) is 0 Å². The number of aromatic nitrogens is 6. The molecule has 8 nitrogen and oxygen atoms in total. The number of ether oxygens (including phenoxy) is 1. The largest absolute Gasteiger partial charge is 0.479 e. The number of rotatable bonds is 3. The number of nitrogens with one attached hydrogen (secondary N) is 1. The normalized spacial score (nSPS) is 11.1. The first-order valence-electron chi connectivity index (χ1n) is 5.45. The van der Waals surface area contributed by atoms with Crippen molar-refractivity contribution in [2.24, 2.45) is 0 Å². The molecule has 3 heterocycles. The molecule has 0 saturated heterocycles. The number of imidazole rings is 1. The molecule has 0 saturated carbocycles. The second-order valence-corrected chi connectivity index (χ2v) is 4.21. The maximum absolute atomic E-state index is 5.26. The molecule has 0 aromatic carbocycles. The van der Waals surface area contributed by atoms with Crippen LogP contribution in [0.25, 0.3) is 11.2 Å². The van der Waals surface area contributed by atoms with Crippen LogP contribution >= 0.6 is 12.2 Å². The van der Waals surface area contributed by atoms with Gasteiger partial charge in [0.2, 0.25) is 11.8 Å². The zero-order chi connectivity index (χ0) is 13.4. The summed E-state index contributed by atoms with van der Waals surface area (Å²) in [5.41, 5.74) is 1.29. The molecule has 3 aromatic rings. The molecular formula is C10H10N6O2S. The van der Waals surface area contributed by atoms with Crippen molar-refractivity contribution >= 4 is 23.4 Å². The maximum Gasteiger partial charge on any atom is 0.242 e. The van der Waals surface area contributed by atoms with E-state index in [1.54, 1.807) is 18.6 Å². The third-order valence-corrected chi connectivity index (χ3v) is 2.91. The average molecular weight is 278 g/mol. The first-order valence-corrected chi connectivity index (χ1v) is 5.86. The summed E-state index contributed by atoms with van der Waals surface area (Å²) >= 11 is 5.26. The Labute approximate surface area is 112 Å². The summed E-state index contributed by atoms with van der Waals surface area (Å²) in [6, 6.07) is 0. The van der Waals surface area contributed by atoms with Crippen molar-refractivity contribution in [1.82, 2.24) is 29.7 Å². The summed E-state index contributed by atoms with van der Waals surface area (Å²) in [5.74, 6) is 1.49. The zero-order valence-electron chi connectivity index (χ0n) is 10.2. The van der Waals surface area contributed by atoms with E-state index in [1.165, 1.54) is 6.33 Å². The molecule has 98 valence electrons. The van der Waals surface area contributed by atoms with Crippen LogP contribution < -0.4 is 4.74 Å². The summed E-state index contributed by atoms with van der Waals surface area (Å²) in [4.78, 5) is 15.4. The van der Waals surface area contributed by atoms with E-state index in [1.807, 2.05) is 0 Å². The highest BCUT2D eigenvalue weighted by Crippen LogP contribution is 2.20. The molecule has 19 heavy (non-hydrogen) atoms. The third kappa shape index (κ3) is 1.97. The van der Waals surface area contributed by atoms with Crippen LogP contribution in [0.3, 0.4) is 0 Å². The van der Waals surface area contributed by atoms with Gasteiger partial charge in [-0.15, -0.1) is 0 Å². The molecule has 0 fully saturated rings. The van der Waals surface area contributed by atoms with E-state index in [9.17, 15) is 0 Å². The number of aromatic amines is 1. The Balaban J connectivity index is 2.13. The molecule has 0 spiro atoms. The summed E-state index contributed by atoms with van der Waals surface area (Å²) in [6.07, 6.45) is 1.42. The quantitative estimate of drug-likeness (QED) is 0.720. The Kier molecular flexibility index (Phi) is 2.75. The summed E-state index contributed by atoms with van der Waals surface area (Å²) in [7, 11) is 1.54. The lowest BCUT2D eigenvalue weighted by molar-refractivity contribution is 0.386. The van der Waals surface area contributed by atoms with Crippen molar-refractivity contribution < 1.29 is 9.26 Å². The highest BCUT2D eigenvalue weighted by atomic mass is 32.1. The molecule has 0 amide bonds. The van der Waals surface area contributed by atoms with Crippen LogP contribution in [0.5, 0.6) is 5.88 Å². The molecule has 0 unspecified atom stereocenters. The molecular weight excluding hydrogens is 268 g/mol. The van der Waals surface area contributed by atoms with Gasteiger partial charge in [-0.05, 0) is 12.2 Å². The number of fused-ring (bicyclic) bond motifs is 1. The smallest absolute Gasteiger partial charge is 0.242 e. The average Bonchev–Trinajstić information content (AvgIpc) is 2.94. The number of hydrogen-bond donors (Lipinski definition) is 1. The van der Waals surface area contributed by atoms with E-state index in [4.69, 9.17) is 21.5 Å². The predicted octanol–water partition coefficient (Wildman–Crippen LogP) is 1.24. The number of hydrogen-bond acceptors (Lipinski definition) is 7. The van der Waals surface area contributed by atoms with Gasteiger partial charge in [-0.25, -0.2) is 4.98 Å². The molecule has 9 heteroatoms. The van der Waals surface area contributed by atoms with Crippen molar-refractivity contribution in [3.8, 4) is 5.88 Å². The van der Waals surface area contributed by atoms with Gasteiger partial charge in [0, 0.05) is 6.92 Å². The van der Waals surface area contributed by atoms with E-state index in [-0.39, 0.29) is 0 Å². The van der Waals surface area contributed by atoms with Gasteiger partial charge in [-0.3, -0.25) is 4.57 Å². The highest BCUT2D eigenvalue weighted by molar-refractivity contribution is 7.71. The SMILES string of the molecule is COc1ncnc2c1[nH]c(=S)n2Cc1noc(C)n1. The minimum atomic E-state index is 0.371. The maximum atomic E-state index is 5.26. The topological polar surface area (TPSA) is 94.7 Å². The number of methoxy groups -OCH3 is 1. The summed E-state index contributed by atoms with van der Waals surface area (Å²) < 4.78 is 12.4. The lowest BCUT2D eigenvalue weighted by atomic mass is 10.5. The minimum absolute atomic E-state index is 0.371. The van der Waals surface area contributed by atoms with Crippen molar-refractivity contribution in [2.75, 3.05) is 7.11 Å². The lowest BCUT2D eigenvalue weighted by Gasteiger charge is -2.01. The molecule has 0 radical (unpaired) electrons. The summed E-state index contributed by atoms with van der Waals surface area (Å²) in [5, 5.41) is 3.84. The minimum Gasteiger partial charge on any atom is -0.479 e. The fourth-order valence-electron chi connectivity index (χ4n) is 1.79. The molecule has 3 rings (SSSR count). The molecule has 1 N–H and O–H groups in total. The van der Waals surface area contributed by atoms with E-state index in [0.29, 0.717) is 40.1 Å². The van der Waals surface area contributed by atoms with E-state index >= 15 is 0 Å². The number of aryl methyl sites for hydroxylation is 1. The van der Waals surface area contributed by atoms with Crippen molar-refractivity contribution in [3.63, 3.8) is 0 Å². The van der Waals surface area contributed by atoms with Crippen LogP contribution in [0, 0.1) is 11.7 Å². The van der Waals surface area contributed by atoms with Crippen LogP contribution in [0.15, 0.2) is 10.9 Å². The molecule has 0 aliphatic carbocycles. The second kappa shape index (κ2) is 4.43. The Morgan fingerprint density at radius 2 is 2.32 bits per heavy atom. The van der Waals surface area contributed by atoms with Crippen LogP contribution in [0.1, 0.15) is 11.7 Å². The van der Waals surface area contributed by atoms with Gasteiger partial charge in [0.15, 0.2) is 16.2 Å². The van der Waals surface area contributed by atoms with Crippen LogP contribution in [-0.4, -0.2) is 36.8 Å². The van der Waals surface area contributed by atoms with Crippen LogP contribution in [-0.2, 0) is 6.54 Å². The van der Waals surface area contributed by atoms with Gasteiger partial charge in [-0.1, -0.05) is 5.16 Å². The highest BCUT2D eigenvalue weighted by Gasteiger charge is 2.13. The van der Waals surface area contributed by atoms with Gasteiger partial charge >= 0.3 is 0 Å². The molecule has 0 atom stereocenters. The van der Waals surface area contributed by atoms with E-state index in [0.717, 1.165) is 0 Å². The second-order valence-electron chi connectivity index (χ2n) is 3.83. The Hall–Kier alpha value is -2.29. The first-order chi connectivity index (χ1) is 9.19. The van der Waals surface area contributed by atoms with Gasteiger partial charge in [0.05, 0.1) is 13.7 Å². The number of H-pyrrole nitrogens is 1. The Morgan fingerprint density at radius 3 is 3.00 bits per heavy atom.